The number of hydrogen-bond donors (Lipinski definition) is 1. The number of fused-ring (bicyclic) bond motifs is 1. The van der Waals surface area contributed by atoms with Gasteiger partial charge in [-0.15, -0.1) is 0 Å². The zero-order chi connectivity index (χ0) is 14.4. The van der Waals surface area contributed by atoms with E-state index in [1.165, 1.54) is 0 Å². The summed E-state index contributed by atoms with van der Waals surface area (Å²) < 4.78 is 1.99. The van der Waals surface area contributed by atoms with Crippen LogP contribution in [0, 0.1) is 13.8 Å². The highest BCUT2D eigenvalue weighted by atomic mass is 35.5. The Kier molecular flexibility index (Phi) is 3.11. The van der Waals surface area contributed by atoms with Crippen molar-refractivity contribution in [1.82, 2.24) is 9.38 Å². The van der Waals surface area contributed by atoms with Crippen LogP contribution in [0.5, 0.6) is 0 Å². The van der Waals surface area contributed by atoms with Gasteiger partial charge in [0, 0.05) is 17.5 Å². The summed E-state index contributed by atoms with van der Waals surface area (Å²) in [4.78, 5) is 4.65. The third-order valence-electron chi connectivity index (χ3n) is 3.48. The minimum absolute atomic E-state index is 0.518. The van der Waals surface area contributed by atoms with E-state index in [-0.39, 0.29) is 0 Å². The molecule has 0 spiro atoms. The molecule has 3 rings (SSSR count). The highest BCUT2D eigenvalue weighted by Gasteiger charge is 2.14. The summed E-state index contributed by atoms with van der Waals surface area (Å²) in [5, 5.41) is 1.05. The summed E-state index contributed by atoms with van der Waals surface area (Å²) >= 11 is 12.0. The second kappa shape index (κ2) is 4.69. The number of nitrogen functional groups attached to an aromatic ring is 1. The fourth-order valence-electron chi connectivity index (χ4n) is 2.26. The van der Waals surface area contributed by atoms with Gasteiger partial charge in [-0.05, 0) is 37.6 Å². The van der Waals surface area contributed by atoms with Gasteiger partial charge < -0.3 is 10.1 Å². The molecule has 0 atom stereocenters. The van der Waals surface area contributed by atoms with E-state index in [2.05, 4.69) is 4.98 Å². The monoisotopic (exact) mass is 305 g/mol. The molecule has 0 aliphatic rings. The Morgan fingerprint density at radius 3 is 2.55 bits per heavy atom. The zero-order valence-electron chi connectivity index (χ0n) is 11.1. The lowest BCUT2D eigenvalue weighted by atomic mass is 10.1. The van der Waals surface area contributed by atoms with Crippen LogP contribution in [0.2, 0.25) is 10.0 Å². The molecule has 3 aromatic rings. The molecule has 2 N–H and O–H groups in total. The Balaban J connectivity index is 2.29. The predicted octanol–water partition coefficient (Wildman–Crippen LogP) is 4.51. The van der Waals surface area contributed by atoms with Crippen molar-refractivity contribution in [3.8, 4) is 11.3 Å². The first-order valence-corrected chi connectivity index (χ1v) is 6.94. The van der Waals surface area contributed by atoms with Crippen LogP contribution in [0.25, 0.3) is 16.9 Å². The minimum atomic E-state index is 0.518. The fourth-order valence-corrected chi connectivity index (χ4v) is 2.55. The maximum Gasteiger partial charge on any atom is 0.161 e. The summed E-state index contributed by atoms with van der Waals surface area (Å²) in [6, 6.07) is 7.49. The normalized spacial score (nSPS) is 11.2. The first-order valence-electron chi connectivity index (χ1n) is 6.18. The number of nitrogens with zero attached hydrogens (tertiary/aromatic N) is 2. The molecule has 0 aliphatic heterocycles. The van der Waals surface area contributed by atoms with Gasteiger partial charge in [0.2, 0.25) is 0 Å². The van der Waals surface area contributed by atoms with Crippen molar-refractivity contribution < 1.29 is 0 Å². The van der Waals surface area contributed by atoms with Gasteiger partial charge in [0.15, 0.2) is 5.65 Å². The maximum absolute atomic E-state index is 6.10. The average molecular weight is 306 g/mol. The number of hydrogen-bond acceptors (Lipinski definition) is 2. The van der Waals surface area contributed by atoms with Crippen LogP contribution < -0.4 is 5.73 Å². The van der Waals surface area contributed by atoms with Crippen molar-refractivity contribution >= 4 is 34.5 Å². The topological polar surface area (TPSA) is 43.3 Å². The van der Waals surface area contributed by atoms with Crippen molar-refractivity contribution in [3.63, 3.8) is 0 Å². The molecule has 0 aliphatic carbocycles. The first-order chi connectivity index (χ1) is 9.49. The Morgan fingerprint density at radius 1 is 1.10 bits per heavy atom. The van der Waals surface area contributed by atoms with E-state index in [1.807, 2.05) is 42.6 Å². The molecular formula is C15H13Cl2N3. The fraction of sp³-hybridized carbons (Fsp3) is 0.133. The molecule has 20 heavy (non-hydrogen) atoms. The molecule has 0 saturated heterocycles. The molecule has 5 heteroatoms. The van der Waals surface area contributed by atoms with Crippen molar-refractivity contribution in [1.29, 1.82) is 0 Å². The molecule has 0 radical (unpaired) electrons. The number of aromatic nitrogens is 2. The predicted molar refractivity (Wildman–Crippen MR) is 84.5 cm³/mol. The van der Waals surface area contributed by atoms with Crippen molar-refractivity contribution in [2.75, 3.05) is 5.73 Å². The quantitative estimate of drug-likeness (QED) is 0.719. The molecule has 0 bridgehead atoms. The van der Waals surface area contributed by atoms with Gasteiger partial charge in [-0.1, -0.05) is 29.3 Å². The van der Waals surface area contributed by atoms with Crippen LogP contribution in [0.1, 0.15) is 11.3 Å². The van der Waals surface area contributed by atoms with Crippen LogP contribution >= 0.6 is 23.2 Å². The number of pyridine rings is 1. The standard InChI is InChI=1S/C15H13Cl2N3/c1-8-5-6-20-9(2)14(19-15(20)13(8)18)10-3-4-11(16)12(17)7-10/h3-7H,18H2,1-2H3. The van der Waals surface area contributed by atoms with Crippen molar-refractivity contribution in [3.05, 3.63) is 51.8 Å². The smallest absolute Gasteiger partial charge is 0.161 e. The molecule has 0 fully saturated rings. The van der Waals surface area contributed by atoms with E-state index >= 15 is 0 Å². The van der Waals surface area contributed by atoms with Crippen LogP contribution in [-0.2, 0) is 0 Å². The number of anilines is 1. The zero-order valence-corrected chi connectivity index (χ0v) is 12.6. The van der Waals surface area contributed by atoms with Crippen LogP contribution in [0.15, 0.2) is 30.5 Å². The summed E-state index contributed by atoms with van der Waals surface area (Å²) in [6.45, 7) is 3.98. The van der Waals surface area contributed by atoms with Crippen LogP contribution in [0.4, 0.5) is 5.69 Å². The lowest BCUT2D eigenvalue weighted by molar-refractivity contribution is 1.10. The van der Waals surface area contributed by atoms with E-state index in [1.54, 1.807) is 6.07 Å². The molecule has 0 amide bonds. The van der Waals surface area contributed by atoms with E-state index < -0.39 is 0 Å². The van der Waals surface area contributed by atoms with Gasteiger partial charge in [-0.2, -0.15) is 0 Å². The molecule has 0 saturated carbocycles. The van der Waals surface area contributed by atoms with E-state index in [9.17, 15) is 0 Å². The summed E-state index contributed by atoms with van der Waals surface area (Å²) in [6.07, 6.45) is 1.98. The number of imidazole rings is 1. The number of benzene rings is 1. The SMILES string of the molecule is Cc1ccn2c(C)c(-c3ccc(Cl)c(Cl)c3)nc2c1N. The molecule has 102 valence electrons. The molecular weight excluding hydrogens is 293 g/mol. The number of aryl methyl sites for hydroxylation is 2. The second-order valence-electron chi connectivity index (χ2n) is 4.78. The van der Waals surface area contributed by atoms with Crippen molar-refractivity contribution in [2.45, 2.75) is 13.8 Å². The van der Waals surface area contributed by atoms with Crippen LogP contribution in [-0.4, -0.2) is 9.38 Å². The third-order valence-corrected chi connectivity index (χ3v) is 4.22. The van der Waals surface area contributed by atoms with E-state index in [0.29, 0.717) is 15.7 Å². The Hall–Kier alpha value is -1.71. The molecule has 0 unspecified atom stereocenters. The summed E-state index contributed by atoms with van der Waals surface area (Å²) in [7, 11) is 0. The Bertz CT molecular complexity index is 822. The van der Waals surface area contributed by atoms with Gasteiger partial charge in [0.1, 0.15) is 0 Å². The lowest BCUT2D eigenvalue weighted by Crippen LogP contribution is -1.96. The lowest BCUT2D eigenvalue weighted by Gasteiger charge is -2.03. The number of rotatable bonds is 1. The Morgan fingerprint density at radius 2 is 1.85 bits per heavy atom. The van der Waals surface area contributed by atoms with Crippen molar-refractivity contribution in [2.24, 2.45) is 0 Å². The highest BCUT2D eigenvalue weighted by Crippen LogP contribution is 2.31. The van der Waals surface area contributed by atoms with E-state index in [0.717, 1.165) is 28.2 Å². The van der Waals surface area contributed by atoms with Gasteiger partial charge in [-0.3, -0.25) is 0 Å². The average Bonchev–Trinajstić information content (AvgIpc) is 2.75. The third kappa shape index (κ3) is 1.94. The molecule has 3 nitrogen and oxygen atoms in total. The van der Waals surface area contributed by atoms with E-state index in [4.69, 9.17) is 28.9 Å². The first kappa shape index (κ1) is 13.3. The minimum Gasteiger partial charge on any atom is -0.395 e. The number of nitrogens with two attached hydrogens (primary N) is 1. The van der Waals surface area contributed by atoms with Gasteiger partial charge in [0.25, 0.3) is 0 Å². The van der Waals surface area contributed by atoms with Gasteiger partial charge in [-0.25, -0.2) is 4.98 Å². The van der Waals surface area contributed by atoms with Crippen LogP contribution in [0.3, 0.4) is 0 Å². The molecule has 2 aromatic heterocycles. The second-order valence-corrected chi connectivity index (χ2v) is 5.60. The number of halogens is 2. The van der Waals surface area contributed by atoms with Gasteiger partial charge >= 0.3 is 0 Å². The van der Waals surface area contributed by atoms with Gasteiger partial charge in [0.05, 0.1) is 21.4 Å². The maximum atomic E-state index is 6.10. The largest absolute Gasteiger partial charge is 0.395 e. The summed E-state index contributed by atoms with van der Waals surface area (Å²) in [5.41, 5.74) is 11.4. The Labute approximate surface area is 127 Å². The molecule has 1 aromatic carbocycles. The molecule has 2 heterocycles. The summed E-state index contributed by atoms with van der Waals surface area (Å²) in [5.74, 6) is 0. The highest BCUT2D eigenvalue weighted by molar-refractivity contribution is 6.42.